The van der Waals surface area contributed by atoms with Crippen LogP contribution >= 0.6 is 11.6 Å². The third-order valence-electron chi connectivity index (χ3n) is 2.69. The molecule has 2 aromatic rings. The molecule has 0 bridgehead atoms. The Balaban J connectivity index is 2.26. The number of hydrogen-bond acceptors (Lipinski definition) is 3. The maximum absolute atomic E-state index is 9.08. The van der Waals surface area contributed by atoms with Crippen LogP contribution in [-0.4, -0.2) is 19.0 Å². The molecule has 0 spiro atoms. The Morgan fingerprint density at radius 3 is 2.70 bits per heavy atom. The number of nitriles is 1. The van der Waals surface area contributed by atoms with Crippen molar-refractivity contribution >= 4 is 11.6 Å². The number of benzene rings is 2. The van der Waals surface area contributed by atoms with Crippen LogP contribution in [0.15, 0.2) is 42.5 Å². The predicted octanol–water partition coefficient (Wildman–Crippen LogP) is 4.07. The highest BCUT2D eigenvalue weighted by molar-refractivity contribution is 6.30. The Hall–Kier alpha value is -2.02. The van der Waals surface area contributed by atoms with Gasteiger partial charge in [0.15, 0.2) is 0 Å². The van der Waals surface area contributed by atoms with Gasteiger partial charge in [-0.1, -0.05) is 23.7 Å². The van der Waals surface area contributed by atoms with E-state index in [4.69, 9.17) is 21.6 Å². The zero-order chi connectivity index (χ0) is 14.5. The highest BCUT2D eigenvalue weighted by Crippen LogP contribution is 2.28. The summed E-state index contributed by atoms with van der Waals surface area (Å²) in [5, 5.41) is 9.63. The largest absolute Gasteiger partial charge is 0.456 e. The van der Waals surface area contributed by atoms with E-state index in [1.54, 1.807) is 18.2 Å². The number of halogens is 1. The predicted molar refractivity (Wildman–Crippen MR) is 80.1 cm³/mol. The van der Waals surface area contributed by atoms with Gasteiger partial charge in [-0.3, -0.25) is 0 Å². The summed E-state index contributed by atoms with van der Waals surface area (Å²) < 4.78 is 5.78. The minimum absolute atomic E-state index is 0.465. The topological polar surface area (TPSA) is 36.3 Å². The fraction of sp³-hybridized carbons (Fsp3) is 0.188. The minimum Gasteiger partial charge on any atom is -0.456 e. The van der Waals surface area contributed by atoms with Crippen molar-refractivity contribution in [2.45, 2.75) is 6.54 Å². The first kappa shape index (κ1) is 14.4. The third-order valence-corrected chi connectivity index (χ3v) is 2.92. The fourth-order valence-corrected chi connectivity index (χ4v) is 2.03. The lowest BCUT2D eigenvalue weighted by atomic mass is 10.2. The molecular formula is C16H15ClN2O. The van der Waals surface area contributed by atoms with Crippen molar-refractivity contribution in [2.24, 2.45) is 0 Å². The van der Waals surface area contributed by atoms with Crippen molar-refractivity contribution in [1.29, 1.82) is 5.26 Å². The van der Waals surface area contributed by atoms with E-state index >= 15 is 0 Å². The lowest BCUT2D eigenvalue weighted by molar-refractivity contribution is 0.401. The molecule has 0 aromatic heterocycles. The van der Waals surface area contributed by atoms with Crippen LogP contribution in [-0.2, 0) is 6.54 Å². The first-order chi connectivity index (χ1) is 9.58. The van der Waals surface area contributed by atoms with Gasteiger partial charge in [0.25, 0.3) is 0 Å². The van der Waals surface area contributed by atoms with E-state index in [9.17, 15) is 0 Å². The molecule has 0 fully saturated rings. The van der Waals surface area contributed by atoms with Crippen LogP contribution in [0.25, 0.3) is 0 Å². The van der Waals surface area contributed by atoms with Crippen molar-refractivity contribution in [1.82, 2.24) is 4.90 Å². The summed E-state index contributed by atoms with van der Waals surface area (Å²) in [5.41, 5.74) is 1.61. The van der Waals surface area contributed by atoms with E-state index in [1.807, 2.05) is 38.4 Å². The molecule has 0 atom stereocenters. The van der Waals surface area contributed by atoms with E-state index in [0.717, 1.165) is 12.1 Å². The molecule has 102 valence electrons. The molecule has 3 nitrogen and oxygen atoms in total. The monoisotopic (exact) mass is 286 g/mol. The number of nitrogens with zero attached hydrogens (tertiary/aromatic N) is 2. The molecule has 0 N–H and O–H groups in total. The molecule has 0 heterocycles. The fourth-order valence-electron chi connectivity index (χ4n) is 1.87. The quantitative estimate of drug-likeness (QED) is 0.850. The van der Waals surface area contributed by atoms with Crippen molar-refractivity contribution in [3.63, 3.8) is 0 Å². The van der Waals surface area contributed by atoms with Crippen molar-refractivity contribution < 1.29 is 4.74 Å². The van der Waals surface area contributed by atoms with E-state index in [0.29, 0.717) is 22.1 Å². The number of hydrogen-bond donors (Lipinski definition) is 0. The smallest absolute Gasteiger partial charge is 0.146 e. The van der Waals surface area contributed by atoms with Crippen molar-refractivity contribution in [3.05, 3.63) is 58.6 Å². The van der Waals surface area contributed by atoms with Gasteiger partial charge in [0, 0.05) is 17.6 Å². The zero-order valence-corrected chi connectivity index (χ0v) is 12.2. The Labute approximate surface area is 124 Å². The first-order valence-corrected chi connectivity index (χ1v) is 6.57. The number of ether oxygens (including phenoxy) is 1. The van der Waals surface area contributed by atoms with E-state index in [-0.39, 0.29) is 0 Å². The summed E-state index contributed by atoms with van der Waals surface area (Å²) in [5.74, 6) is 1.17. The van der Waals surface area contributed by atoms with Crippen molar-refractivity contribution in [3.8, 4) is 17.6 Å². The highest BCUT2D eigenvalue weighted by Gasteiger charge is 2.06. The SMILES string of the molecule is CN(C)Cc1cccc(Oc2cc(Cl)ccc2C#N)c1. The van der Waals surface area contributed by atoms with Gasteiger partial charge in [-0.15, -0.1) is 0 Å². The van der Waals surface area contributed by atoms with Crippen LogP contribution in [0, 0.1) is 11.3 Å². The zero-order valence-electron chi connectivity index (χ0n) is 11.4. The van der Waals surface area contributed by atoms with E-state index < -0.39 is 0 Å². The second-order valence-corrected chi connectivity index (χ2v) is 5.18. The Morgan fingerprint density at radius 2 is 2.00 bits per heavy atom. The van der Waals surface area contributed by atoms with Crippen LogP contribution in [0.4, 0.5) is 0 Å². The Morgan fingerprint density at radius 1 is 1.20 bits per heavy atom. The van der Waals surface area contributed by atoms with Crippen LogP contribution in [0.2, 0.25) is 5.02 Å². The summed E-state index contributed by atoms with van der Waals surface area (Å²) in [7, 11) is 4.02. The van der Waals surface area contributed by atoms with Gasteiger partial charge in [-0.25, -0.2) is 0 Å². The summed E-state index contributed by atoms with van der Waals surface area (Å²) in [4.78, 5) is 2.08. The summed E-state index contributed by atoms with van der Waals surface area (Å²) in [6.07, 6.45) is 0. The Kier molecular flexibility index (Phi) is 4.62. The van der Waals surface area contributed by atoms with Gasteiger partial charge in [0.1, 0.15) is 17.6 Å². The summed E-state index contributed by atoms with van der Waals surface area (Å²) >= 11 is 5.94. The van der Waals surface area contributed by atoms with Gasteiger partial charge in [0.05, 0.1) is 5.56 Å². The molecule has 0 aliphatic rings. The molecule has 0 amide bonds. The third kappa shape index (κ3) is 3.74. The molecule has 0 aliphatic carbocycles. The molecular weight excluding hydrogens is 272 g/mol. The normalized spacial score (nSPS) is 10.3. The summed E-state index contributed by atoms with van der Waals surface area (Å²) in [6.45, 7) is 0.831. The molecule has 4 heteroatoms. The second-order valence-electron chi connectivity index (χ2n) is 4.74. The lowest BCUT2D eigenvalue weighted by Gasteiger charge is -2.12. The van der Waals surface area contributed by atoms with Gasteiger partial charge in [-0.05, 0) is 43.9 Å². The van der Waals surface area contributed by atoms with Crippen LogP contribution in [0.5, 0.6) is 11.5 Å². The maximum Gasteiger partial charge on any atom is 0.146 e. The standard InChI is InChI=1S/C16H15ClN2O/c1-19(2)11-12-4-3-5-15(8-12)20-16-9-14(17)7-6-13(16)10-18/h3-9H,11H2,1-2H3. The Bertz CT molecular complexity index is 647. The first-order valence-electron chi connectivity index (χ1n) is 6.19. The molecule has 0 radical (unpaired) electrons. The van der Waals surface area contributed by atoms with Gasteiger partial charge >= 0.3 is 0 Å². The minimum atomic E-state index is 0.465. The lowest BCUT2D eigenvalue weighted by Crippen LogP contribution is -2.10. The van der Waals surface area contributed by atoms with E-state index in [1.165, 1.54) is 0 Å². The summed E-state index contributed by atoms with van der Waals surface area (Å²) in [6, 6.07) is 14.9. The molecule has 0 saturated heterocycles. The van der Waals surface area contributed by atoms with Gasteiger partial charge in [0.2, 0.25) is 0 Å². The number of rotatable bonds is 4. The molecule has 20 heavy (non-hydrogen) atoms. The molecule has 2 rings (SSSR count). The second kappa shape index (κ2) is 6.42. The van der Waals surface area contributed by atoms with Gasteiger partial charge < -0.3 is 9.64 Å². The van der Waals surface area contributed by atoms with Crippen molar-refractivity contribution in [2.75, 3.05) is 14.1 Å². The molecule has 0 aliphatic heterocycles. The van der Waals surface area contributed by atoms with Crippen LogP contribution in [0.1, 0.15) is 11.1 Å². The van der Waals surface area contributed by atoms with E-state index in [2.05, 4.69) is 11.0 Å². The highest BCUT2D eigenvalue weighted by atomic mass is 35.5. The van der Waals surface area contributed by atoms with Gasteiger partial charge in [-0.2, -0.15) is 5.26 Å². The molecule has 2 aromatic carbocycles. The average molecular weight is 287 g/mol. The van der Waals surface area contributed by atoms with Crippen LogP contribution < -0.4 is 4.74 Å². The molecule has 0 unspecified atom stereocenters. The molecule has 0 saturated carbocycles. The maximum atomic E-state index is 9.08. The van der Waals surface area contributed by atoms with Crippen LogP contribution in [0.3, 0.4) is 0 Å². The average Bonchev–Trinajstić information content (AvgIpc) is 2.38.